The smallest absolute Gasteiger partial charge is 0.148 e. The van der Waals surface area contributed by atoms with E-state index in [1.807, 2.05) is 12.3 Å². The number of benzene rings is 4. The van der Waals surface area contributed by atoms with Crippen LogP contribution in [0, 0.1) is 39.7 Å². The Morgan fingerprint density at radius 2 is 1.45 bits per heavy atom. The number of hydrogen-bond acceptors (Lipinski definition) is 5. The summed E-state index contributed by atoms with van der Waals surface area (Å²) in [5.74, 6) is 0. The Morgan fingerprint density at radius 1 is 0.736 bits per heavy atom. The van der Waals surface area contributed by atoms with Gasteiger partial charge in [-0.3, -0.25) is 0 Å². The Bertz CT molecular complexity index is 2720. The van der Waals surface area contributed by atoms with E-state index in [1.54, 1.807) is 23.5 Å². The number of thiazole rings is 1. The summed E-state index contributed by atoms with van der Waals surface area (Å²) in [7, 11) is 0. The van der Waals surface area contributed by atoms with Crippen molar-refractivity contribution < 1.29 is 32.7 Å². The van der Waals surface area contributed by atoms with Gasteiger partial charge in [0.05, 0.1) is 15.3 Å². The van der Waals surface area contributed by atoms with Crippen molar-refractivity contribution in [1.29, 1.82) is 0 Å². The fraction of sp³-hybridized carbons (Fsp3) is 0.255. The van der Waals surface area contributed by atoms with Crippen LogP contribution in [0.25, 0.3) is 65.8 Å². The number of fused-ring (bicyclic) bond motifs is 5. The third-order valence-corrected chi connectivity index (χ3v) is 10.6. The van der Waals surface area contributed by atoms with Crippen LogP contribution >= 0.6 is 11.3 Å². The summed E-state index contributed by atoms with van der Waals surface area (Å²) < 4.78 is 51.4. The molecular formula is C47H45IrN3OS-2. The number of aryl methyl sites for hydroxylation is 4. The summed E-state index contributed by atoms with van der Waals surface area (Å²) in [4.78, 5) is 14.1. The van der Waals surface area contributed by atoms with Crippen molar-refractivity contribution in [2.24, 2.45) is 0 Å². The van der Waals surface area contributed by atoms with Gasteiger partial charge >= 0.3 is 0 Å². The van der Waals surface area contributed by atoms with Crippen LogP contribution in [0.15, 0.2) is 95.7 Å². The van der Waals surface area contributed by atoms with Crippen molar-refractivity contribution in [2.45, 2.75) is 79.9 Å². The van der Waals surface area contributed by atoms with Crippen LogP contribution in [0.3, 0.4) is 0 Å². The normalized spacial score (nSPS) is 14.0. The largest absolute Gasteiger partial charge is 0.498 e. The van der Waals surface area contributed by atoms with Gasteiger partial charge in [-0.1, -0.05) is 102 Å². The SMILES string of the molecule is Cc1cccc(C)c1-c1cnc(-c2[c-]ccc3c2oc2c3ccc3sc(C(C)(C)C)nc32)cc1C(C)(C)C.[2H]C([2H])([2H])c1c[c-]c(-c2ccc(C([2H])([2H])[2H])cn2)cc1.[Ir]. The van der Waals surface area contributed by atoms with E-state index in [1.165, 1.54) is 52.2 Å². The quantitative estimate of drug-likeness (QED) is 0.166. The Labute approximate surface area is 339 Å². The van der Waals surface area contributed by atoms with Gasteiger partial charge in [-0.15, -0.1) is 64.9 Å². The van der Waals surface area contributed by atoms with Gasteiger partial charge in [0.1, 0.15) is 11.1 Å². The standard InChI is InChI=1S/C34H33N2OS.C13H12N.Ir/c1-19-11-9-12-20(2)28(19)24-18-35-26(17-25(24)33(3,4)5)23-14-10-13-21-22-15-16-27-29(31(22)37-30(21)23)36-32(38-27)34(6,7)8;1-10-3-6-12(7-4-10)13-8-5-11(2)9-14-13;/h9-13,15-18H,1-8H3;3-6,8-9H,1-2H3;/q2*-1;/i;1D3,2D3;. The van der Waals surface area contributed by atoms with Gasteiger partial charge in [0.25, 0.3) is 0 Å². The number of aromatic nitrogens is 3. The van der Waals surface area contributed by atoms with E-state index in [9.17, 15) is 0 Å². The first-order valence-corrected chi connectivity index (χ1v) is 18.2. The minimum absolute atomic E-state index is 0. The maximum absolute atomic E-state index is 7.28. The van der Waals surface area contributed by atoms with Crippen molar-refractivity contribution in [3.63, 3.8) is 0 Å². The van der Waals surface area contributed by atoms with E-state index < -0.39 is 13.7 Å². The van der Waals surface area contributed by atoms with Crippen LogP contribution in [0.4, 0.5) is 0 Å². The first kappa shape index (κ1) is 30.9. The van der Waals surface area contributed by atoms with E-state index in [0.717, 1.165) is 48.4 Å². The molecule has 0 aliphatic rings. The minimum atomic E-state index is -2.18. The second-order valence-corrected chi connectivity index (χ2v) is 16.3. The second kappa shape index (κ2) is 14.7. The molecule has 0 amide bonds. The van der Waals surface area contributed by atoms with E-state index in [0.29, 0.717) is 11.3 Å². The number of furan rings is 1. The van der Waals surface area contributed by atoms with Crippen molar-refractivity contribution in [3.05, 3.63) is 136 Å². The third-order valence-electron chi connectivity index (χ3n) is 9.17. The van der Waals surface area contributed by atoms with Crippen molar-refractivity contribution in [2.75, 3.05) is 0 Å². The summed E-state index contributed by atoms with van der Waals surface area (Å²) in [6, 6.07) is 31.0. The zero-order chi connectivity index (χ0) is 41.9. The van der Waals surface area contributed by atoms with Crippen LogP contribution in [-0.2, 0) is 30.9 Å². The maximum Gasteiger partial charge on any atom is 0.148 e. The van der Waals surface area contributed by atoms with Crippen LogP contribution < -0.4 is 0 Å². The average Bonchev–Trinajstić information content (AvgIpc) is 3.77. The predicted octanol–water partition coefficient (Wildman–Crippen LogP) is 13.1. The molecule has 0 fully saturated rings. The molecule has 0 saturated heterocycles. The Hall–Kier alpha value is -4.48. The van der Waals surface area contributed by atoms with E-state index in [2.05, 4.69) is 115 Å². The Kier molecular flexibility index (Phi) is 8.60. The van der Waals surface area contributed by atoms with Crippen LogP contribution in [0.5, 0.6) is 0 Å². The maximum atomic E-state index is 7.28. The fourth-order valence-corrected chi connectivity index (χ4v) is 7.51. The van der Waals surface area contributed by atoms with Gasteiger partial charge < -0.3 is 14.4 Å². The number of pyridine rings is 2. The number of hydrogen-bond donors (Lipinski definition) is 0. The molecule has 4 aromatic carbocycles. The number of nitrogens with zero attached hydrogens (tertiary/aromatic N) is 3. The molecule has 0 N–H and O–H groups in total. The zero-order valence-electron chi connectivity index (χ0n) is 37.2. The molecule has 271 valence electrons. The predicted molar refractivity (Wildman–Crippen MR) is 219 cm³/mol. The van der Waals surface area contributed by atoms with Gasteiger partial charge in [0.15, 0.2) is 0 Å². The summed E-state index contributed by atoms with van der Waals surface area (Å²) in [6.07, 6.45) is 3.34. The molecule has 0 bridgehead atoms. The first-order chi connectivity index (χ1) is 27.1. The van der Waals surface area contributed by atoms with Gasteiger partial charge in [-0.2, -0.15) is 0 Å². The molecule has 4 heterocycles. The van der Waals surface area contributed by atoms with Gasteiger partial charge in [0.2, 0.25) is 0 Å². The van der Waals surface area contributed by atoms with Gasteiger partial charge in [-0.05, 0) is 71.4 Å². The molecule has 6 heteroatoms. The van der Waals surface area contributed by atoms with Crippen LogP contribution in [-0.4, -0.2) is 15.0 Å². The summed E-state index contributed by atoms with van der Waals surface area (Å²) in [5.41, 5.74) is 12.1. The fourth-order valence-electron chi connectivity index (χ4n) is 6.49. The molecule has 1 radical (unpaired) electrons. The number of rotatable bonds is 3. The summed E-state index contributed by atoms with van der Waals surface area (Å²) >= 11 is 1.74. The molecule has 8 aromatic rings. The molecule has 4 aromatic heterocycles. The third kappa shape index (κ3) is 7.64. The molecule has 0 atom stereocenters. The molecule has 0 aliphatic carbocycles. The molecule has 0 unspecified atom stereocenters. The minimum Gasteiger partial charge on any atom is -0.498 e. The molecule has 53 heavy (non-hydrogen) atoms. The van der Waals surface area contributed by atoms with E-state index in [4.69, 9.17) is 22.6 Å². The Morgan fingerprint density at radius 3 is 2.09 bits per heavy atom. The van der Waals surface area contributed by atoms with Crippen molar-refractivity contribution in [3.8, 4) is 33.6 Å². The van der Waals surface area contributed by atoms with Crippen molar-refractivity contribution in [1.82, 2.24) is 15.0 Å². The van der Waals surface area contributed by atoms with E-state index in [-0.39, 0.29) is 42.1 Å². The average molecular weight is 898 g/mol. The molecule has 8 rings (SSSR count). The molecule has 0 saturated carbocycles. The van der Waals surface area contributed by atoms with Crippen molar-refractivity contribution >= 4 is 43.5 Å². The van der Waals surface area contributed by atoms with E-state index >= 15 is 0 Å². The van der Waals surface area contributed by atoms with Crippen LogP contribution in [0.2, 0.25) is 0 Å². The monoisotopic (exact) mass is 898 g/mol. The van der Waals surface area contributed by atoms with Gasteiger partial charge in [-0.25, -0.2) is 4.98 Å². The molecular weight excluding hydrogens is 847 g/mol. The van der Waals surface area contributed by atoms with Crippen LogP contribution in [0.1, 0.15) is 82.6 Å². The summed E-state index contributed by atoms with van der Waals surface area (Å²) in [5, 5.41) is 3.27. The molecule has 0 spiro atoms. The molecule has 0 aliphatic heterocycles. The Balaban J connectivity index is 0.000000236. The topological polar surface area (TPSA) is 51.8 Å². The summed E-state index contributed by atoms with van der Waals surface area (Å²) in [6.45, 7) is 13.4. The zero-order valence-corrected chi connectivity index (χ0v) is 34.4. The van der Waals surface area contributed by atoms with Gasteiger partial charge in [0, 0.05) is 57.1 Å². The first-order valence-electron chi connectivity index (χ1n) is 20.3. The second-order valence-electron chi connectivity index (χ2n) is 15.3. The molecule has 4 nitrogen and oxygen atoms in total.